The third kappa shape index (κ3) is 13.5. The minimum absolute atomic E-state index is 0.0544. The maximum absolute atomic E-state index is 14.3. The van der Waals surface area contributed by atoms with Gasteiger partial charge in [0.2, 0.25) is 0 Å². The van der Waals surface area contributed by atoms with E-state index in [1.165, 1.54) is 18.2 Å². The molecular weight excluding hydrogens is 756 g/mol. The SMILES string of the molecule is COCCSSC.CSc1ccc(/C=C2/C(C)=C(CC(=O)Oc3ccc(OC(=O)CC(CO[N+](=O)[O-])O[N+](=O)[O-])c(C=O)c3)c3cc(F)ccc32)cc1. The number of nitrogens with zero attached hydrogens (tertiary/aromatic N) is 2. The number of benzene rings is 3. The van der Waals surface area contributed by atoms with Crippen LogP contribution >= 0.6 is 33.3 Å². The largest absolute Gasteiger partial charge is 0.426 e. The second kappa shape index (κ2) is 21.6. The molecule has 0 saturated heterocycles. The number of rotatable bonds is 18. The van der Waals surface area contributed by atoms with Crippen molar-refractivity contribution in [3.05, 3.63) is 115 Å². The van der Waals surface area contributed by atoms with Crippen molar-refractivity contribution in [1.29, 1.82) is 0 Å². The molecule has 1 aliphatic carbocycles. The van der Waals surface area contributed by atoms with E-state index in [0.717, 1.165) is 51.7 Å². The second-order valence-electron chi connectivity index (χ2n) is 10.7. The highest BCUT2D eigenvalue weighted by molar-refractivity contribution is 8.76. The van der Waals surface area contributed by atoms with Crippen LogP contribution in [0.25, 0.3) is 17.2 Å². The first kappa shape index (κ1) is 42.5. The highest BCUT2D eigenvalue weighted by Crippen LogP contribution is 2.44. The van der Waals surface area contributed by atoms with Gasteiger partial charge < -0.3 is 23.9 Å². The van der Waals surface area contributed by atoms with Crippen LogP contribution in [-0.4, -0.2) is 73.1 Å². The van der Waals surface area contributed by atoms with Crippen molar-refractivity contribution in [3.63, 3.8) is 0 Å². The minimum Gasteiger partial charge on any atom is -0.426 e. The zero-order chi connectivity index (χ0) is 38.9. The minimum atomic E-state index is -1.66. The fraction of sp³-hybridized carbons (Fsp3) is 0.286. The van der Waals surface area contributed by atoms with E-state index in [1.54, 1.807) is 35.7 Å². The molecule has 1 atom stereocenters. The number of thioether (sulfide) groups is 1. The zero-order valence-corrected chi connectivity index (χ0v) is 31.4. The van der Waals surface area contributed by atoms with Gasteiger partial charge in [0.05, 0.1) is 25.0 Å². The Bertz CT molecular complexity index is 1850. The average molecular weight is 791 g/mol. The highest BCUT2D eigenvalue weighted by Gasteiger charge is 2.27. The first-order chi connectivity index (χ1) is 25.4. The quantitative estimate of drug-likeness (QED) is 0.0181. The van der Waals surface area contributed by atoms with Gasteiger partial charge in [-0.2, -0.15) is 0 Å². The summed E-state index contributed by atoms with van der Waals surface area (Å²) in [6.45, 7) is 1.78. The van der Waals surface area contributed by atoms with Crippen LogP contribution in [0.1, 0.15) is 46.8 Å². The Balaban J connectivity index is 0.000000980. The number of carbonyl (C=O) groups is 3. The Kier molecular flexibility index (Phi) is 17.3. The van der Waals surface area contributed by atoms with Crippen LogP contribution in [0.3, 0.4) is 0 Å². The molecule has 1 unspecified atom stereocenters. The van der Waals surface area contributed by atoms with E-state index >= 15 is 0 Å². The molecule has 0 amide bonds. The number of carbonyl (C=O) groups excluding carboxylic acids is 3. The molecule has 0 spiro atoms. The molecule has 0 radical (unpaired) electrons. The number of aldehydes is 1. The van der Waals surface area contributed by atoms with Gasteiger partial charge >= 0.3 is 11.9 Å². The Morgan fingerprint density at radius 2 is 1.68 bits per heavy atom. The second-order valence-corrected chi connectivity index (χ2v) is 14.3. The monoisotopic (exact) mass is 790 g/mol. The Labute approximate surface area is 316 Å². The number of halogens is 1. The Morgan fingerprint density at radius 1 is 0.943 bits per heavy atom. The summed E-state index contributed by atoms with van der Waals surface area (Å²) >= 11 is 1.62. The molecule has 0 fully saturated rings. The highest BCUT2D eigenvalue weighted by atomic mass is 33.1. The topological polar surface area (TPSA) is 184 Å². The molecule has 282 valence electrons. The van der Waals surface area contributed by atoms with Gasteiger partial charge in [0.15, 0.2) is 6.29 Å². The fourth-order valence-corrected chi connectivity index (χ4v) is 6.39. The van der Waals surface area contributed by atoms with E-state index in [1.807, 2.05) is 54.3 Å². The van der Waals surface area contributed by atoms with Crippen LogP contribution in [0.15, 0.2) is 71.1 Å². The van der Waals surface area contributed by atoms with E-state index in [4.69, 9.17) is 14.2 Å². The molecule has 0 bridgehead atoms. The lowest BCUT2D eigenvalue weighted by molar-refractivity contribution is -0.789. The predicted molar refractivity (Wildman–Crippen MR) is 200 cm³/mol. The average Bonchev–Trinajstić information content (AvgIpc) is 3.36. The predicted octanol–water partition coefficient (Wildman–Crippen LogP) is 7.41. The molecule has 53 heavy (non-hydrogen) atoms. The Morgan fingerprint density at radius 3 is 2.30 bits per heavy atom. The lowest BCUT2D eigenvalue weighted by atomic mass is 10.0. The molecule has 3 aromatic rings. The fourth-order valence-electron chi connectivity index (χ4n) is 4.88. The van der Waals surface area contributed by atoms with E-state index in [9.17, 15) is 39.0 Å². The maximum Gasteiger partial charge on any atom is 0.315 e. The van der Waals surface area contributed by atoms with Crippen molar-refractivity contribution in [2.45, 2.75) is 30.8 Å². The van der Waals surface area contributed by atoms with Crippen molar-refractivity contribution in [1.82, 2.24) is 0 Å². The van der Waals surface area contributed by atoms with Gasteiger partial charge in [-0.1, -0.05) is 39.8 Å². The first-order valence-corrected chi connectivity index (χ1v) is 19.4. The summed E-state index contributed by atoms with van der Waals surface area (Å²) in [5.41, 5.74) is 4.22. The van der Waals surface area contributed by atoms with Crippen molar-refractivity contribution >= 4 is 68.8 Å². The molecule has 0 N–H and O–H groups in total. The molecule has 1 aliphatic rings. The van der Waals surface area contributed by atoms with E-state index < -0.39 is 47.1 Å². The number of hydrogen-bond acceptors (Lipinski definition) is 15. The number of fused-ring (bicyclic) bond motifs is 1. The molecule has 0 aromatic heterocycles. The number of esters is 2. The summed E-state index contributed by atoms with van der Waals surface area (Å²) in [6, 6.07) is 15.8. The normalized spacial score (nSPS) is 13.0. The zero-order valence-electron chi connectivity index (χ0n) is 28.9. The van der Waals surface area contributed by atoms with Crippen LogP contribution in [-0.2, 0) is 24.0 Å². The third-order valence-corrected chi connectivity index (χ3v) is 9.77. The lowest BCUT2D eigenvalue weighted by Crippen LogP contribution is -2.29. The molecule has 0 heterocycles. The molecular formula is C35H35FN2O12S3. The number of hydrogen-bond donors (Lipinski definition) is 0. The molecule has 4 rings (SSSR count). The van der Waals surface area contributed by atoms with Crippen molar-refractivity contribution in [2.75, 3.05) is 38.6 Å². The van der Waals surface area contributed by atoms with E-state index in [0.29, 0.717) is 17.4 Å². The number of methoxy groups -OCH3 is 1. The van der Waals surface area contributed by atoms with Gasteiger partial charge in [-0.25, -0.2) is 4.39 Å². The first-order valence-electron chi connectivity index (χ1n) is 15.5. The molecule has 18 heteroatoms. The Hall–Kier alpha value is -4.91. The summed E-state index contributed by atoms with van der Waals surface area (Å²) in [5, 5.41) is 18.6. The van der Waals surface area contributed by atoms with E-state index in [2.05, 4.69) is 15.9 Å². The summed E-state index contributed by atoms with van der Waals surface area (Å²) in [6.07, 6.45) is 3.64. The third-order valence-electron chi connectivity index (χ3n) is 7.25. The molecule has 14 nitrogen and oxygen atoms in total. The smallest absolute Gasteiger partial charge is 0.315 e. The van der Waals surface area contributed by atoms with Crippen LogP contribution < -0.4 is 9.47 Å². The van der Waals surface area contributed by atoms with Gasteiger partial charge in [0.1, 0.15) is 30.0 Å². The van der Waals surface area contributed by atoms with Crippen molar-refractivity contribution < 1.29 is 52.8 Å². The van der Waals surface area contributed by atoms with Crippen molar-refractivity contribution in [2.24, 2.45) is 0 Å². The van der Waals surface area contributed by atoms with Gasteiger partial charge in [-0.3, -0.25) is 14.4 Å². The van der Waals surface area contributed by atoms with Crippen LogP contribution in [0.5, 0.6) is 11.5 Å². The van der Waals surface area contributed by atoms with Crippen molar-refractivity contribution in [3.8, 4) is 11.5 Å². The van der Waals surface area contributed by atoms with Gasteiger partial charge in [-0.15, -0.1) is 32.0 Å². The summed E-state index contributed by atoms with van der Waals surface area (Å²) in [4.78, 5) is 67.4. The van der Waals surface area contributed by atoms with Gasteiger partial charge in [-0.05, 0) is 101 Å². The summed E-state index contributed by atoms with van der Waals surface area (Å²) in [5.74, 6) is -1.52. The summed E-state index contributed by atoms with van der Waals surface area (Å²) in [7, 11) is 5.33. The van der Waals surface area contributed by atoms with Gasteiger partial charge in [0.25, 0.3) is 10.2 Å². The standard InChI is InChI=1S/C31H25FN2O11S.C4H10OS2/c1-18-26(11-19-3-7-24(46-2)8-4-19)25-9-5-21(32)13-28(25)27(18)15-31(37)43-22-6-10-29(20(12-22)16-35)44-30(36)14-23(45-34(40)41)17-42-33(38)39;1-5-3-4-7-6-2/h3-13,16,23H,14-15,17H2,1-2H3;3-4H2,1-2H3/b26-11-;. The maximum atomic E-state index is 14.3. The molecule has 0 aliphatic heterocycles. The number of ether oxygens (including phenoxy) is 3. The van der Waals surface area contributed by atoms with Crippen LogP contribution in [0.2, 0.25) is 0 Å². The lowest BCUT2D eigenvalue weighted by Gasteiger charge is -2.14. The van der Waals surface area contributed by atoms with Gasteiger partial charge in [0, 0.05) is 17.8 Å². The number of allylic oxidation sites excluding steroid dienone is 2. The molecule has 0 saturated carbocycles. The van der Waals surface area contributed by atoms with E-state index in [-0.39, 0.29) is 23.5 Å². The molecule has 3 aromatic carbocycles. The van der Waals surface area contributed by atoms with Crippen LogP contribution in [0.4, 0.5) is 4.39 Å². The van der Waals surface area contributed by atoms with Crippen LogP contribution in [0, 0.1) is 26.0 Å². The summed E-state index contributed by atoms with van der Waals surface area (Å²) < 4.78 is 29.6.